The topological polar surface area (TPSA) is 35.6 Å². The molecule has 2 fully saturated rings. The van der Waals surface area contributed by atoms with Gasteiger partial charge >= 0.3 is 0 Å². The smallest absolute Gasteiger partial charge is 0.219 e. The zero-order chi connectivity index (χ0) is 13.0. The number of hydrogen-bond donors (Lipinski definition) is 1. The number of amides is 1. The lowest BCUT2D eigenvalue weighted by Crippen LogP contribution is -2.50. The van der Waals surface area contributed by atoms with Crippen LogP contribution in [0.5, 0.6) is 0 Å². The number of nitrogens with zero attached hydrogens (tertiary/aromatic N) is 2. The quantitative estimate of drug-likeness (QED) is 0.817. The number of hydrogen-bond acceptors (Lipinski definition) is 3. The van der Waals surface area contributed by atoms with Crippen molar-refractivity contribution in [2.24, 2.45) is 0 Å². The van der Waals surface area contributed by atoms with E-state index in [0.717, 1.165) is 38.5 Å². The van der Waals surface area contributed by atoms with Crippen LogP contribution in [-0.2, 0) is 4.79 Å². The molecule has 0 atom stereocenters. The molecule has 0 saturated carbocycles. The highest BCUT2D eigenvalue weighted by Crippen LogP contribution is 2.21. The molecule has 4 heteroatoms. The molecule has 4 nitrogen and oxygen atoms in total. The van der Waals surface area contributed by atoms with Gasteiger partial charge in [-0.3, -0.25) is 4.79 Å². The second-order valence-electron chi connectivity index (χ2n) is 5.61. The van der Waals surface area contributed by atoms with Crippen molar-refractivity contribution in [1.29, 1.82) is 0 Å². The Bertz CT molecular complexity index is 266. The van der Waals surface area contributed by atoms with E-state index in [0.29, 0.717) is 6.04 Å². The largest absolute Gasteiger partial charge is 0.343 e. The first kappa shape index (κ1) is 13.8. The van der Waals surface area contributed by atoms with Crippen molar-refractivity contribution < 1.29 is 4.79 Å². The lowest BCUT2D eigenvalue weighted by molar-refractivity contribution is -0.130. The van der Waals surface area contributed by atoms with Crippen molar-refractivity contribution in [3.8, 4) is 0 Å². The van der Waals surface area contributed by atoms with Crippen LogP contribution >= 0.6 is 0 Å². The van der Waals surface area contributed by atoms with Gasteiger partial charge < -0.3 is 15.1 Å². The molecule has 0 radical (unpaired) electrons. The van der Waals surface area contributed by atoms with Crippen molar-refractivity contribution in [2.45, 2.75) is 51.6 Å². The molecule has 1 N–H and O–H groups in total. The Morgan fingerprint density at radius 1 is 1.11 bits per heavy atom. The van der Waals surface area contributed by atoms with Crippen LogP contribution in [0.15, 0.2) is 0 Å². The number of carbonyl (C=O) groups excluding carboxylic acids is 1. The summed E-state index contributed by atoms with van der Waals surface area (Å²) in [5.41, 5.74) is 0. The summed E-state index contributed by atoms with van der Waals surface area (Å²) in [6.07, 6.45) is 4.87. The first-order chi connectivity index (χ1) is 8.70. The normalized spacial score (nSPS) is 24.4. The summed E-state index contributed by atoms with van der Waals surface area (Å²) in [5.74, 6) is 0.235. The van der Waals surface area contributed by atoms with E-state index in [1.807, 2.05) is 4.90 Å². The van der Waals surface area contributed by atoms with Crippen LogP contribution in [0, 0.1) is 0 Å². The number of nitrogens with one attached hydrogen (secondary N) is 1. The first-order valence-corrected chi connectivity index (χ1v) is 7.43. The lowest BCUT2D eigenvalue weighted by atomic mass is 9.98. The third kappa shape index (κ3) is 3.45. The molecule has 0 aromatic rings. The molecule has 0 aliphatic carbocycles. The molecule has 0 aromatic carbocycles. The fraction of sp³-hybridized carbons (Fsp3) is 0.929. The van der Waals surface area contributed by atoms with Crippen molar-refractivity contribution in [1.82, 2.24) is 15.1 Å². The zero-order valence-corrected chi connectivity index (χ0v) is 11.8. The van der Waals surface area contributed by atoms with Gasteiger partial charge in [0.15, 0.2) is 0 Å². The van der Waals surface area contributed by atoms with Gasteiger partial charge in [0.25, 0.3) is 0 Å². The van der Waals surface area contributed by atoms with E-state index in [4.69, 9.17) is 0 Å². The van der Waals surface area contributed by atoms with Crippen molar-refractivity contribution in [3.63, 3.8) is 0 Å². The molecule has 2 saturated heterocycles. The maximum atomic E-state index is 11.3. The highest BCUT2D eigenvalue weighted by molar-refractivity contribution is 5.73. The molecule has 2 aliphatic rings. The first-order valence-electron chi connectivity index (χ1n) is 7.43. The molecule has 2 aliphatic heterocycles. The SMILES string of the molecule is CCNC1CCN(C2CCN(C(C)=O)CC2)CC1. The lowest BCUT2D eigenvalue weighted by Gasteiger charge is -2.41. The average Bonchev–Trinajstić information content (AvgIpc) is 2.40. The Kier molecular flexibility index (Phi) is 5.01. The summed E-state index contributed by atoms with van der Waals surface area (Å²) in [7, 11) is 0. The summed E-state index contributed by atoms with van der Waals surface area (Å²) in [4.78, 5) is 15.9. The summed E-state index contributed by atoms with van der Waals surface area (Å²) in [6.45, 7) is 9.30. The minimum Gasteiger partial charge on any atom is -0.343 e. The molecule has 1 amide bonds. The number of carbonyl (C=O) groups is 1. The van der Waals surface area contributed by atoms with Gasteiger partial charge in [-0.2, -0.15) is 0 Å². The van der Waals surface area contributed by atoms with Gasteiger partial charge in [-0.15, -0.1) is 0 Å². The van der Waals surface area contributed by atoms with Crippen LogP contribution in [0.4, 0.5) is 0 Å². The maximum absolute atomic E-state index is 11.3. The fourth-order valence-electron chi connectivity index (χ4n) is 3.30. The molecule has 0 unspecified atom stereocenters. The van der Waals surface area contributed by atoms with Crippen LogP contribution < -0.4 is 5.32 Å². The van der Waals surface area contributed by atoms with E-state index >= 15 is 0 Å². The van der Waals surface area contributed by atoms with Crippen molar-refractivity contribution in [2.75, 3.05) is 32.7 Å². The molecule has 18 heavy (non-hydrogen) atoms. The summed E-state index contributed by atoms with van der Waals surface area (Å²) < 4.78 is 0. The Hall–Kier alpha value is -0.610. The Morgan fingerprint density at radius 3 is 2.22 bits per heavy atom. The van der Waals surface area contributed by atoms with Gasteiger partial charge in [-0.05, 0) is 45.3 Å². The Morgan fingerprint density at radius 2 is 1.72 bits per heavy atom. The van der Waals surface area contributed by atoms with E-state index in [-0.39, 0.29) is 5.91 Å². The molecular formula is C14H27N3O. The van der Waals surface area contributed by atoms with Crippen LogP contribution in [0.3, 0.4) is 0 Å². The molecule has 2 rings (SSSR count). The van der Waals surface area contributed by atoms with Crippen LogP contribution in [0.1, 0.15) is 39.5 Å². The van der Waals surface area contributed by atoms with E-state index in [1.54, 1.807) is 6.92 Å². The van der Waals surface area contributed by atoms with Gasteiger partial charge in [0.05, 0.1) is 0 Å². The van der Waals surface area contributed by atoms with Gasteiger partial charge in [0.2, 0.25) is 5.91 Å². The van der Waals surface area contributed by atoms with Crippen LogP contribution in [0.2, 0.25) is 0 Å². The fourth-order valence-corrected chi connectivity index (χ4v) is 3.30. The summed E-state index contributed by atoms with van der Waals surface area (Å²) in [5, 5.41) is 3.55. The van der Waals surface area contributed by atoms with E-state index in [9.17, 15) is 4.79 Å². The summed E-state index contributed by atoms with van der Waals surface area (Å²) >= 11 is 0. The second kappa shape index (κ2) is 6.53. The Balaban J connectivity index is 1.73. The summed E-state index contributed by atoms with van der Waals surface area (Å²) in [6, 6.07) is 1.44. The molecule has 2 heterocycles. The van der Waals surface area contributed by atoms with E-state index in [1.165, 1.54) is 25.9 Å². The number of rotatable bonds is 3. The van der Waals surface area contributed by atoms with Gasteiger partial charge in [-0.1, -0.05) is 6.92 Å². The van der Waals surface area contributed by atoms with Crippen LogP contribution in [0.25, 0.3) is 0 Å². The minimum atomic E-state index is 0.235. The molecule has 0 aromatic heterocycles. The number of piperidine rings is 2. The van der Waals surface area contributed by atoms with Crippen molar-refractivity contribution in [3.05, 3.63) is 0 Å². The third-order valence-electron chi connectivity index (χ3n) is 4.45. The van der Waals surface area contributed by atoms with E-state index < -0.39 is 0 Å². The zero-order valence-electron chi connectivity index (χ0n) is 11.8. The maximum Gasteiger partial charge on any atom is 0.219 e. The van der Waals surface area contributed by atoms with Crippen LogP contribution in [-0.4, -0.2) is 60.5 Å². The molecule has 0 spiro atoms. The van der Waals surface area contributed by atoms with Gasteiger partial charge in [0.1, 0.15) is 0 Å². The highest BCUT2D eigenvalue weighted by Gasteiger charge is 2.28. The third-order valence-corrected chi connectivity index (χ3v) is 4.45. The van der Waals surface area contributed by atoms with Crippen molar-refractivity contribution >= 4 is 5.91 Å². The van der Waals surface area contributed by atoms with Gasteiger partial charge in [0, 0.05) is 32.1 Å². The van der Waals surface area contributed by atoms with E-state index in [2.05, 4.69) is 17.1 Å². The Labute approximate surface area is 111 Å². The second-order valence-corrected chi connectivity index (χ2v) is 5.61. The average molecular weight is 253 g/mol. The van der Waals surface area contributed by atoms with Gasteiger partial charge in [-0.25, -0.2) is 0 Å². The molecular weight excluding hydrogens is 226 g/mol. The predicted octanol–water partition coefficient (Wildman–Crippen LogP) is 1.07. The monoisotopic (exact) mass is 253 g/mol. The highest BCUT2D eigenvalue weighted by atomic mass is 16.2. The predicted molar refractivity (Wildman–Crippen MR) is 73.5 cm³/mol. The standard InChI is InChI=1S/C14H27N3O/c1-3-15-13-4-8-17(9-5-13)14-6-10-16(11-7-14)12(2)18/h13-15H,3-11H2,1-2H3. The number of likely N-dealkylation sites (tertiary alicyclic amines) is 2. The minimum absolute atomic E-state index is 0.235. The molecule has 0 bridgehead atoms. The molecule has 104 valence electrons.